The predicted molar refractivity (Wildman–Crippen MR) is 124 cm³/mol. The summed E-state index contributed by atoms with van der Waals surface area (Å²) in [4.78, 5) is 14.5. The molecule has 0 spiro atoms. The second-order valence-electron chi connectivity index (χ2n) is 7.11. The number of carbonyl (C=O) groups excluding carboxylic acids is 1. The molecule has 4 nitrogen and oxygen atoms in total. The SMILES string of the molecule is CCCCN(CCCC)c1c(I)cc(NC(=O)OC(C)(C)C)cc1I. The molecule has 1 aromatic rings. The lowest BCUT2D eigenvalue weighted by atomic mass is 10.2. The van der Waals surface area contributed by atoms with Gasteiger partial charge in [0.25, 0.3) is 0 Å². The summed E-state index contributed by atoms with van der Waals surface area (Å²) in [7, 11) is 0. The van der Waals surface area contributed by atoms with Gasteiger partial charge in [0.1, 0.15) is 5.60 Å². The van der Waals surface area contributed by atoms with Gasteiger partial charge in [-0.2, -0.15) is 0 Å². The van der Waals surface area contributed by atoms with E-state index in [9.17, 15) is 4.79 Å². The number of amides is 1. The number of halogens is 2. The zero-order chi connectivity index (χ0) is 19.0. The molecule has 0 saturated carbocycles. The first-order chi connectivity index (χ1) is 11.7. The number of benzene rings is 1. The molecular formula is C19H30I2N2O2. The lowest BCUT2D eigenvalue weighted by Crippen LogP contribution is -2.28. The van der Waals surface area contributed by atoms with Gasteiger partial charge in [-0.25, -0.2) is 4.79 Å². The van der Waals surface area contributed by atoms with Crippen LogP contribution < -0.4 is 10.2 Å². The van der Waals surface area contributed by atoms with Gasteiger partial charge in [0.15, 0.2) is 0 Å². The van der Waals surface area contributed by atoms with Crippen molar-refractivity contribution in [3.05, 3.63) is 19.3 Å². The molecule has 1 rings (SSSR count). The Morgan fingerprint density at radius 3 is 1.96 bits per heavy atom. The molecule has 0 aromatic heterocycles. The Kier molecular flexibility index (Phi) is 9.84. The number of unbranched alkanes of at least 4 members (excludes halogenated alkanes) is 2. The van der Waals surface area contributed by atoms with Crippen molar-refractivity contribution in [1.82, 2.24) is 0 Å². The Labute approximate surface area is 179 Å². The summed E-state index contributed by atoms with van der Waals surface area (Å²) in [6.07, 6.45) is 4.34. The molecule has 0 heterocycles. The summed E-state index contributed by atoms with van der Waals surface area (Å²) in [5.74, 6) is 0. The van der Waals surface area contributed by atoms with Crippen molar-refractivity contribution in [3.63, 3.8) is 0 Å². The highest BCUT2D eigenvalue weighted by Crippen LogP contribution is 2.32. The van der Waals surface area contributed by atoms with E-state index in [4.69, 9.17) is 4.74 Å². The van der Waals surface area contributed by atoms with E-state index in [2.05, 4.69) is 69.2 Å². The minimum absolute atomic E-state index is 0.416. The first kappa shape index (κ1) is 22.8. The average molecular weight is 572 g/mol. The van der Waals surface area contributed by atoms with Crippen molar-refractivity contribution in [2.24, 2.45) is 0 Å². The van der Waals surface area contributed by atoms with Crippen LogP contribution in [-0.4, -0.2) is 24.8 Å². The molecule has 0 aliphatic carbocycles. The molecule has 0 bridgehead atoms. The van der Waals surface area contributed by atoms with Crippen molar-refractivity contribution in [3.8, 4) is 0 Å². The van der Waals surface area contributed by atoms with Crippen molar-refractivity contribution < 1.29 is 9.53 Å². The Morgan fingerprint density at radius 1 is 1.08 bits per heavy atom. The van der Waals surface area contributed by atoms with Crippen LogP contribution in [0.25, 0.3) is 0 Å². The van der Waals surface area contributed by atoms with E-state index < -0.39 is 11.7 Å². The smallest absolute Gasteiger partial charge is 0.412 e. The highest BCUT2D eigenvalue weighted by atomic mass is 127. The second kappa shape index (κ2) is 10.8. The number of nitrogens with zero attached hydrogens (tertiary/aromatic N) is 1. The first-order valence-corrected chi connectivity index (χ1v) is 11.1. The zero-order valence-corrected chi connectivity index (χ0v) is 20.2. The van der Waals surface area contributed by atoms with Crippen LogP contribution in [0, 0.1) is 7.14 Å². The quantitative estimate of drug-likeness (QED) is 0.355. The largest absolute Gasteiger partial charge is 0.444 e. The second-order valence-corrected chi connectivity index (χ2v) is 9.43. The van der Waals surface area contributed by atoms with E-state index in [1.807, 2.05) is 32.9 Å². The lowest BCUT2D eigenvalue weighted by Gasteiger charge is -2.27. The molecule has 25 heavy (non-hydrogen) atoms. The molecule has 1 aromatic carbocycles. The molecule has 0 fully saturated rings. The van der Waals surface area contributed by atoms with Crippen molar-refractivity contribution in [2.75, 3.05) is 23.3 Å². The first-order valence-electron chi connectivity index (χ1n) is 8.92. The average Bonchev–Trinajstić information content (AvgIpc) is 2.46. The molecular weight excluding hydrogens is 542 g/mol. The van der Waals surface area contributed by atoms with Crippen molar-refractivity contribution in [1.29, 1.82) is 0 Å². The third-order valence-electron chi connectivity index (χ3n) is 3.54. The molecule has 1 amide bonds. The van der Waals surface area contributed by atoms with E-state index in [-0.39, 0.29) is 0 Å². The van der Waals surface area contributed by atoms with Gasteiger partial charge in [-0.1, -0.05) is 26.7 Å². The van der Waals surface area contributed by atoms with Crippen LogP contribution in [0.3, 0.4) is 0 Å². The monoisotopic (exact) mass is 572 g/mol. The molecule has 0 saturated heterocycles. The zero-order valence-electron chi connectivity index (χ0n) is 15.9. The number of carbonyl (C=O) groups is 1. The number of ether oxygens (including phenoxy) is 1. The van der Waals surface area contributed by atoms with Crippen molar-refractivity contribution >= 4 is 62.6 Å². The van der Waals surface area contributed by atoms with E-state index in [1.165, 1.54) is 31.4 Å². The van der Waals surface area contributed by atoms with Gasteiger partial charge in [0.2, 0.25) is 0 Å². The van der Waals surface area contributed by atoms with Gasteiger partial charge in [-0.3, -0.25) is 5.32 Å². The van der Waals surface area contributed by atoms with Crippen LogP contribution >= 0.6 is 45.2 Å². The summed E-state index contributed by atoms with van der Waals surface area (Å²) in [6.45, 7) is 12.2. The molecule has 0 radical (unpaired) electrons. The van der Waals surface area contributed by atoms with E-state index >= 15 is 0 Å². The van der Waals surface area contributed by atoms with Gasteiger partial charge in [-0.05, 0) is 90.9 Å². The third-order valence-corrected chi connectivity index (χ3v) is 5.19. The summed E-state index contributed by atoms with van der Waals surface area (Å²) >= 11 is 4.73. The Balaban J connectivity index is 2.97. The number of nitrogens with one attached hydrogen (secondary N) is 1. The van der Waals surface area contributed by atoms with Gasteiger partial charge < -0.3 is 9.64 Å². The number of rotatable bonds is 8. The molecule has 0 aliphatic heterocycles. The van der Waals surface area contributed by atoms with Crippen LogP contribution in [0.1, 0.15) is 60.3 Å². The fourth-order valence-electron chi connectivity index (χ4n) is 2.39. The van der Waals surface area contributed by atoms with E-state index in [0.29, 0.717) is 0 Å². The fraction of sp³-hybridized carbons (Fsp3) is 0.632. The molecule has 6 heteroatoms. The minimum Gasteiger partial charge on any atom is -0.444 e. The number of hydrogen-bond acceptors (Lipinski definition) is 3. The fourth-order valence-corrected chi connectivity index (χ4v) is 4.84. The molecule has 0 unspecified atom stereocenters. The molecule has 142 valence electrons. The normalized spacial score (nSPS) is 11.3. The minimum atomic E-state index is -0.499. The molecule has 1 N–H and O–H groups in total. The maximum Gasteiger partial charge on any atom is 0.412 e. The van der Waals surface area contributed by atoms with Crippen LogP contribution in [0.5, 0.6) is 0 Å². The van der Waals surface area contributed by atoms with Crippen molar-refractivity contribution in [2.45, 2.75) is 65.9 Å². The maximum absolute atomic E-state index is 12.0. The number of hydrogen-bond donors (Lipinski definition) is 1. The Morgan fingerprint density at radius 2 is 1.56 bits per heavy atom. The highest BCUT2D eigenvalue weighted by Gasteiger charge is 2.18. The molecule has 0 aliphatic rings. The van der Waals surface area contributed by atoms with Gasteiger partial charge in [-0.15, -0.1) is 0 Å². The Bertz CT molecular complexity index is 540. The van der Waals surface area contributed by atoms with E-state index in [1.54, 1.807) is 0 Å². The van der Waals surface area contributed by atoms with Gasteiger partial charge in [0, 0.05) is 25.9 Å². The van der Waals surface area contributed by atoms with Crippen LogP contribution in [0.4, 0.5) is 16.2 Å². The summed E-state index contributed by atoms with van der Waals surface area (Å²) in [6, 6.07) is 4.04. The van der Waals surface area contributed by atoms with E-state index in [0.717, 1.165) is 25.9 Å². The van der Waals surface area contributed by atoms with Crippen LogP contribution in [-0.2, 0) is 4.74 Å². The standard InChI is InChI=1S/C19H30I2N2O2/c1-6-8-10-23(11-9-7-2)17-15(20)12-14(13-16(17)21)22-18(24)25-19(3,4)5/h12-13H,6-11H2,1-5H3,(H,22,24). The highest BCUT2D eigenvalue weighted by molar-refractivity contribution is 14.1. The summed E-state index contributed by atoms with van der Waals surface area (Å²) in [5.41, 5.74) is 1.55. The lowest BCUT2D eigenvalue weighted by molar-refractivity contribution is 0.0636. The maximum atomic E-state index is 12.0. The van der Waals surface area contributed by atoms with Crippen LogP contribution in [0.15, 0.2) is 12.1 Å². The number of anilines is 2. The topological polar surface area (TPSA) is 41.6 Å². The van der Waals surface area contributed by atoms with Crippen LogP contribution in [0.2, 0.25) is 0 Å². The Hall–Kier alpha value is -0.250. The van der Waals surface area contributed by atoms with Gasteiger partial charge in [0.05, 0.1) is 5.69 Å². The summed E-state index contributed by atoms with van der Waals surface area (Å²) < 4.78 is 7.65. The molecule has 0 atom stereocenters. The van der Waals surface area contributed by atoms with Gasteiger partial charge >= 0.3 is 6.09 Å². The summed E-state index contributed by atoms with van der Waals surface area (Å²) in [5, 5.41) is 2.84. The third kappa shape index (κ3) is 8.32. The predicted octanol–water partition coefficient (Wildman–Crippen LogP) is 6.65.